The summed E-state index contributed by atoms with van der Waals surface area (Å²) < 4.78 is 15.5. The zero-order valence-electron chi connectivity index (χ0n) is 11.8. The number of carbonyl (C=O) groups is 1. The first-order valence-electron chi connectivity index (χ1n) is 6.15. The van der Waals surface area contributed by atoms with Gasteiger partial charge in [-0.15, -0.1) is 0 Å². The molecule has 0 aliphatic rings. The second kappa shape index (κ2) is 6.99. The number of ether oxygens (including phenoxy) is 3. The summed E-state index contributed by atoms with van der Waals surface area (Å²) in [5.74, 6) is 0.873. The smallest absolute Gasteiger partial charge is 0.322 e. The van der Waals surface area contributed by atoms with Gasteiger partial charge in [0.2, 0.25) is 0 Å². The molecule has 1 aromatic carbocycles. The molecule has 0 spiro atoms. The van der Waals surface area contributed by atoms with Crippen LogP contribution in [0.1, 0.15) is 19.4 Å². The van der Waals surface area contributed by atoms with Crippen LogP contribution in [0, 0.1) is 0 Å². The molecule has 106 valence electrons. The van der Waals surface area contributed by atoms with Crippen LogP contribution in [0.3, 0.4) is 0 Å². The third-order valence-electron chi connectivity index (χ3n) is 2.55. The number of esters is 1. The van der Waals surface area contributed by atoms with Crippen molar-refractivity contribution in [1.29, 1.82) is 0 Å². The fraction of sp³-hybridized carbons (Fsp3) is 0.500. The van der Waals surface area contributed by atoms with E-state index in [0.29, 0.717) is 17.9 Å². The Morgan fingerprint density at radius 3 is 2.47 bits per heavy atom. The van der Waals surface area contributed by atoms with E-state index in [-0.39, 0.29) is 6.10 Å². The van der Waals surface area contributed by atoms with Gasteiger partial charge in [-0.05, 0) is 38.0 Å². The third-order valence-corrected chi connectivity index (χ3v) is 2.55. The molecule has 1 aromatic rings. The minimum atomic E-state index is -0.676. The van der Waals surface area contributed by atoms with Crippen LogP contribution < -0.4 is 15.2 Å². The molecule has 0 bridgehead atoms. The molecular weight excluding hydrogens is 246 g/mol. The van der Waals surface area contributed by atoms with Gasteiger partial charge >= 0.3 is 5.97 Å². The summed E-state index contributed by atoms with van der Waals surface area (Å²) in [4.78, 5) is 11.3. The highest BCUT2D eigenvalue weighted by molar-refractivity contribution is 5.75. The molecule has 1 atom stereocenters. The summed E-state index contributed by atoms with van der Waals surface area (Å²) in [5, 5.41) is 0. The normalized spacial score (nSPS) is 12.1. The molecule has 0 heterocycles. The molecule has 0 radical (unpaired) electrons. The minimum absolute atomic E-state index is 0.0402. The lowest BCUT2D eigenvalue weighted by molar-refractivity contribution is -0.142. The Balaban J connectivity index is 2.88. The molecule has 1 rings (SSSR count). The highest BCUT2D eigenvalue weighted by Gasteiger charge is 2.16. The van der Waals surface area contributed by atoms with Gasteiger partial charge in [-0.1, -0.05) is 6.07 Å². The maximum Gasteiger partial charge on any atom is 0.322 e. The number of methoxy groups -OCH3 is 2. The highest BCUT2D eigenvalue weighted by Crippen LogP contribution is 2.29. The van der Waals surface area contributed by atoms with E-state index in [1.165, 1.54) is 7.11 Å². The van der Waals surface area contributed by atoms with Gasteiger partial charge < -0.3 is 19.9 Å². The molecule has 5 heteroatoms. The Labute approximate surface area is 113 Å². The van der Waals surface area contributed by atoms with Gasteiger partial charge in [-0.25, -0.2) is 0 Å². The standard InChI is InChI=1S/C14H21NO4/c1-9(2)19-13-8-10(5-6-12(13)17-3)7-11(15)14(16)18-4/h5-6,8-9,11H,7,15H2,1-4H3. The lowest BCUT2D eigenvalue weighted by atomic mass is 10.1. The largest absolute Gasteiger partial charge is 0.493 e. The molecule has 19 heavy (non-hydrogen) atoms. The molecule has 0 aliphatic carbocycles. The predicted molar refractivity (Wildman–Crippen MR) is 72.5 cm³/mol. The Bertz CT molecular complexity index is 431. The average molecular weight is 267 g/mol. The van der Waals surface area contributed by atoms with E-state index in [1.54, 1.807) is 13.2 Å². The zero-order valence-corrected chi connectivity index (χ0v) is 11.8. The van der Waals surface area contributed by atoms with Crippen LogP contribution in [0.15, 0.2) is 18.2 Å². The van der Waals surface area contributed by atoms with Crippen LogP contribution in [-0.4, -0.2) is 32.3 Å². The summed E-state index contributed by atoms with van der Waals surface area (Å²) in [6, 6.07) is 4.82. The first-order chi connectivity index (χ1) is 8.97. The van der Waals surface area contributed by atoms with Crippen LogP contribution in [0.5, 0.6) is 11.5 Å². The fourth-order valence-electron chi connectivity index (χ4n) is 1.68. The second-order valence-corrected chi connectivity index (χ2v) is 4.49. The van der Waals surface area contributed by atoms with Gasteiger partial charge in [0.05, 0.1) is 20.3 Å². The van der Waals surface area contributed by atoms with Crippen molar-refractivity contribution in [3.63, 3.8) is 0 Å². The lowest BCUT2D eigenvalue weighted by Crippen LogP contribution is -2.33. The van der Waals surface area contributed by atoms with E-state index in [4.69, 9.17) is 15.2 Å². The van der Waals surface area contributed by atoms with Crippen molar-refractivity contribution in [1.82, 2.24) is 0 Å². The van der Waals surface area contributed by atoms with Gasteiger partial charge in [-0.3, -0.25) is 4.79 Å². The lowest BCUT2D eigenvalue weighted by Gasteiger charge is -2.15. The van der Waals surface area contributed by atoms with Crippen LogP contribution in [-0.2, 0) is 16.0 Å². The summed E-state index contributed by atoms with van der Waals surface area (Å²) in [7, 11) is 2.91. The van der Waals surface area contributed by atoms with Crippen LogP contribution in [0.2, 0.25) is 0 Å². The van der Waals surface area contributed by atoms with E-state index < -0.39 is 12.0 Å². The van der Waals surface area contributed by atoms with E-state index in [9.17, 15) is 4.79 Å². The Morgan fingerprint density at radius 1 is 1.26 bits per heavy atom. The SMILES string of the molecule is COC(=O)C(N)Cc1ccc(OC)c(OC(C)C)c1. The summed E-state index contributed by atoms with van der Waals surface area (Å²) in [5.41, 5.74) is 6.63. The molecule has 1 unspecified atom stereocenters. The molecule has 0 aliphatic heterocycles. The topological polar surface area (TPSA) is 70.8 Å². The summed E-state index contributed by atoms with van der Waals surface area (Å²) in [6.45, 7) is 3.87. The van der Waals surface area contributed by atoms with Gasteiger partial charge in [0, 0.05) is 0 Å². The van der Waals surface area contributed by atoms with Crippen LogP contribution >= 0.6 is 0 Å². The van der Waals surface area contributed by atoms with Gasteiger partial charge in [0.25, 0.3) is 0 Å². The summed E-state index contributed by atoms with van der Waals surface area (Å²) in [6.07, 6.45) is 0.434. The predicted octanol–water partition coefficient (Wildman–Crippen LogP) is 1.53. The Hall–Kier alpha value is -1.75. The van der Waals surface area contributed by atoms with E-state index in [1.807, 2.05) is 26.0 Å². The first-order valence-corrected chi connectivity index (χ1v) is 6.15. The van der Waals surface area contributed by atoms with Gasteiger partial charge in [-0.2, -0.15) is 0 Å². The second-order valence-electron chi connectivity index (χ2n) is 4.49. The summed E-state index contributed by atoms with van der Waals surface area (Å²) >= 11 is 0. The average Bonchev–Trinajstić information content (AvgIpc) is 2.37. The number of nitrogens with two attached hydrogens (primary N) is 1. The number of rotatable bonds is 6. The quantitative estimate of drug-likeness (QED) is 0.791. The molecule has 0 saturated carbocycles. The number of carbonyl (C=O) groups excluding carboxylic acids is 1. The van der Waals surface area contributed by atoms with E-state index in [0.717, 1.165) is 5.56 Å². The van der Waals surface area contributed by atoms with E-state index in [2.05, 4.69) is 4.74 Å². The number of hydrogen-bond acceptors (Lipinski definition) is 5. The van der Waals surface area contributed by atoms with Crippen molar-refractivity contribution < 1.29 is 19.0 Å². The van der Waals surface area contributed by atoms with Crippen molar-refractivity contribution in [3.05, 3.63) is 23.8 Å². The van der Waals surface area contributed by atoms with Gasteiger partial charge in [0.15, 0.2) is 11.5 Å². The zero-order chi connectivity index (χ0) is 14.4. The Kier molecular flexibility index (Phi) is 5.63. The molecule has 0 amide bonds. The fourth-order valence-corrected chi connectivity index (χ4v) is 1.68. The molecule has 0 aromatic heterocycles. The van der Waals surface area contributed by atoms with Crippen molar-refractivity contribution in [2.45, 2.75) is 32.4 Å². The monoisotopic (exact) mass is 267 g/mol. The van der Waals surface area contributed by atoms with Crippen molar-refractivity contribution in [3.8, 4) is 11.5 Å². The molecular formula is C14H21NO4. The van der Waals surface area contributed by atoms with Crippen LogP contribution in [0.4, 0.5) is 0 Å². The number of hydrogen-bond donors (Lipinski definition) is 1. The van der Waals surface area contributed by atoms with Crippen molar-refractivity contribution in [2.24, 2.45) is 5.73 Å². The molecule has 2 N–H and O–H groups in total. The molecule has 0 saturated heterocycles. The van der Waals surface area contributed by atoms with Crippen molar-refractivity contribution in [2.75, 3.05) is 14.2 Å². The minimum Gasteiger partial charge on any atom is -0.493 e. The molecule has 5 nitrogen and oxygen atoms in total. The number of benzene rings is 1. The maximum absolute atomic E-state index is 11.3. The first kappa shape index (κ1) is 15.3. The van der Waals surface area contributed by atoms with E-state index >= 15 is 0 Å². The van der Waals surface area contributed by atoms with Crippen molar-refractivity contribution >= 4 is 5.97 Å². The van der Waals surface area contributed by atoms with Gasteiger partial charge in [0.1, 0.15) is 6.04 Å². The highest BCUT2D eigenvalue weighted by atomic mass is 16.5. The van der Waals surface area contributed by atoms with Crippen LogP contribution in [0.25, 0.3) is 0 Å². The third kappa shape index (κ3) is 4.44. The Morgan fingerprint density at radius 2 is 1.95 bits per heavy atom. The molecule has 0 fully saturated rings. The maximum atomic E-state index is 11.3.